The number of hydrogen-bond acceptors (Lipinski definition) is 3. The molecule has 0 amide bonds. The summed E-state index contributed by atoms with van der Waals surface area (Å²) in [6.45, 7) is 9.74. The van der Waals surface area contributed by atoms with Gasteiger partial charge in [-0.25, -0.2) is 0 Å². The van der Waals surface area contributed by atoms with E-state index in [2.05, 4.69) is 30.7 Å². The highest BCUT2D eigenvalue weighted by molar-refractivity contribution is 4.88. The summed E-state index contributed by atoms with van der Waals surface area (Å²) >= 11 is 0. The van der Waals surface area contributed by atoms with Crippen molar-refractivity contribution in [1.29, 1.82) is 0 Å². The smallest absolute Gasteiger partial charge is 0.0107 e. The zero-order valence-electron chi connectivity index (χ0n) is 11.7. The van der Waals surface area contributed by atoms with E-state index in [0.29, 0.717) is 18.0 Å². The second-order valence-corrected chi connectivity index (χ2v) is 6.29. The molecule has 0 radical (unpaired) electrons. The second kappa shape index (κ2) is 5.68. The van der Waals surface area contributed by atoms with Gasteiger partial charge in [0.2, 0.25) is 0 Å². The van der Waals surface area contributed by atoms with Gasteiger partial charge < -0.3 is 15.5 Å². The van der Waals surface area contributed by atoms with Crippen LogP contribution in [0.4, 0.5) is 0 Å². The van der Waals surface area contributed by atoms with Crippen LogP contribution in [0.5, 0.6) is 0 Å². The molecule has 0 aliphatic carbocycles. The predicted octanol–water partition coefficient (Wildman–Crippen LogP) is 1.39. The highest BCUT2D eigenvalue weighted by Crippen LogP contribution is 2.25. The van der Waals surface area contributed by atoms with Gasteiger partial charge in [0, 0.05) is 18.6 Å². The summed E-state index contributed by atoms with van der Waals surface area (Å²) in [5.74, 6) is 1.56. The molecule has 2 N–H and O–H groups in total. The Morgan fingerprint density at radius 3 is 2.35 bits per heavy atom. The molecule has 2 heterocycles. The standard InChI is InChI=1S/C14H29N3/c1-11-12(2)17(9-6-14(11)15)10-13-4-7-16(3)8-5-13/h11-14H,4-10,15H2,1-3H3. The molecule has 0 saturated carbocycles. The molecule has 0 spiro atoms. The molecule has 17 heavy (non-hydrogen) atoms. The average molecular weight is 239 g/mol. The highest BCUT2D eigenvalue weighted by atomic mass is 15.2. The summed E-state index contributed by atoms with van der Waals surface area (Å²) in [4.78, 5) is 5.14. The molecule has 3 atom stereocenters. The van der Waals surface area contributed by atoms with Gasteiger partial charge in [0.25, 0.3) is 0 Å². The van der Waals surface area contributed by atoms with Crippen molar-refractivity contribution in [1.82, 2.24) is 9.80 Å². The quantitative estimate of drug-likeness (QED) is 0.790. The minimum Gasteiger partial charge on any atom is -0.327 e. The van der Waals surface area contributed by atoms with Gasteiger partial charge in [0.15, 0.2) is 0 Å². The fourth-order valence-electron chi connectivity index (χ4n) is 3.31. The summed E-state index contributed by atoms with van der Waals surface area (Å²) in [6.07, 6.45) is 3.93. The van der Waals surface area contributed by atoms with E-state index in [4.69, 9.17) is 5.73 Å². The van der Waals surface area contributed by atoms with Gasteiger partial charge in [-0.2, -0.15) is 0 Å². The monoisotopic (exact) mass is 239 g/mol. The zero-order valence-corrected chi connectivity index (χ0v) is 11.7. The Labute approximate surface area is 106 Å². The third kappa shape index (κ3) is 3.21. The molecule has 2 rings (SSSR count). The Kier molecular flexibility index (Phi) is 4.45. The van der Waals surface area contributed by atoms with Gasteiger partial charge >= 0.3 is 0 Å². The van der Waals surface area contributed by atoms with Crippen LogP contribution < -0.4 is 5.73 Å². The molecule has 2 aliphatic rings. The van der Waals surface area contributed by atoms with Gasteiger partial charge in [0.05, 0.1) is 0 Å². The minimum absolute atomic E-state index is 0.415. The van der Waals surface area contributed by atoms with E-state index in [1.807, 2.05) is 0 Å². The Hall–Kier alpha value is -0.120. The number of hydrogen-bond donors (Lipinski definition) is 1. The van der Waals surface area contributed by atoms with Crippen LogP contribution in [0, 0.1) is 11.8 Å². The second-order valence-electron chi connectivity index (χ2n) is 6.29. The van der Waals surface area contributed by atoms with Crippen LogP contribution in [-0.4, -0.2) is 55.1 Å². The molecule has 3 nitrogen and oxygen atoms in total. The molecule has 100 valence electrons. The molecule has 3 unspecified atom stereocenters. The lowest BCUT2D eigenvalue weighted by Gasteiger charge is -2.43. The van der Waals surface area contributed by atoms with E-state index in [1.54, 1.807) is 0 Å². The molecule has 3 heteroatoms. The number of piperidine rings is 2. The Bertz CT molecular complexity index is 236. The lowest BCUT2D eigenvalue weighted by Crippen LogP contribution is -2.53. The summed E-state index contributed by atoms with van der Waals surface area (Å²) in [5.41, 5.74) is 6.15. The van der Waals surface area contributed by atoms with E-state index in [9.17, 15) is 0 Å². The minimum atomic E-state index is 0.415. The third-order valence-corrected chi connectivity index (χ3v) is 5.09. The first kappa shape index (κ1) is 13.3. The molecule has 0 aromatic carbocycles. The highest BCUT2D eigenvalue weighted by Gasteiger charge is 2.31. The Morgan fingerprint density at radius 1 is 1.06 bits per heavy atom. The molecule has 2 aliphatic heterocycles. The SMILES string of the molecule is CC1C(N)CCN(CC2CCN(C)CC2)C1C. The maximum absolute atomic E-state index is 6.15. The van der Waals surface area contributed by atoms with E-state index >= 15 is 0 Å². The lowest BCUT2D eigenvalue weighted by atomic mass is 9.86. The van der Waals surface area contributed by atoms with Gasteiger partial charge in [-0.3, -0.25) is 0 Å². The van der Waals surface area contributed by atoms with E-state index in [0.717, 1.165) is 5.92 Å². The van der Waals surface area contributed by atoms with Crippen molar-refractivity contribution < 1.29 is 0 Å². The van der Waals surface area contributed by atoms with Gasteiger partial charge in [-0.1, -0.05) is 6.92 Å². The van der Waals surface area contributed by atoms with Gasteiger partial charge in [0.1, 0.15) is 0 Å². The van der Waals surface area contributed by atoms with Crippen molar-refractivity contribution in [2.75, 3.05) is 33.2 Å². The van der Waals surface area contributed by atoms with Crippen molar-refractivity contribution in [3.05, 3.63) is 0 Å². The molecule has 2 saturated heterocycles. The van der Waals surface area contributed by atoms with Crippen LogP contribution in [0.25, 0.3) is 0 Å². The topological polar surface area (TPSA) is 32.5 Å². The van der Waals surface area contributed by atoms with Gasteiger partial charge in [-0.15, -0.1) is 0 Å². The van der Waals surface area contributed by atoms with Crippen LogP contribution in [0.3, 0.4) is 0 Å². The van der Waals surface area contributed by atoms with Crippen LogP contribution >= 0.6 is 0 Å². The normalized spacial score (nSPS) is 38.5. The fourth-order valence-corrected chi connectivity index (χ4v) is 3.31. The predicted molar refractivity (Wildman–Crippen MR) is 73.0 cm³/mol. The first-order chi connectivity index (χ1) is 8.08. The number of nitrogens with zero attached hydrogens (tertiary/aromatic N) is 2. The maximum atomic E-state index is 6.15. The summed E-state index contributed by atoms with van der Waals surface area (Å²) < 4.78 is 0. The van der Waals surface area contributed by atoms with Crippen molar-refractivity contribution in [2.45, 2.75) is 45.2 Å². The fraction of sp³-hybridized carbons (Fsp3) is 1.00. The molecular formula is C14H29N3. The first-order valence-electron chi connectivity index (χ1n) is 7.26. The number of likely N-dealkylation sites (tertiary alicyclic amines) is 2. The molecule has 0 bridgehead atoms. The van der Waals surface area contributed by atoms with Crippen LogP contribution in [0.15, 0.2) is 0 Å². The molecule has 0 aromatic heterocycles. The zero-order chi connectivity index (χ0) is 12.4. The van der Waals surface area contributed by atoms with Crippen molar-refractivity contribution in [2.24, 2.45) is 17.6 Å². The van der Waals surface area contributed by atoms with E-state index in [-0.39, 0.29) is 0 Å². The van der Waals surface area contributed by atoms with Gasteiger partial charge in [-0.05, 0) is 64.7 Å². The summed E-state index contributed by atoms with van der Waals surface area (Å²) in [6, 6.07) is 1.08. The average Bonchev–Trinajstić information content (AvgIpc) is 2.33. The van der Waals surface area contributed by atoms with Crippen LogP contribution in [0.2, 0.25) is 0 Å². The summed E-state index contributed by atoms with van der Waals surface area (Å²) in [5, 5.41) is 0. The first-order valence-corrected chi connectivity index (χ1v) is 7.26. The number of rotatable bonds is 2. The van der Waals surface area contributed by atoms with Crippen LogP contribution in [-0.2, 0) is 0 Å². The van der Waals surface area contributed by atoms with Crippen LogP contribution in [0.1, 0.15) is 33.1 Å². The molecule has 2 fully saturated rings. The molecular weight excluding hydrogens is 210 g/mol. The molecule has 0 aromatic rings. The van der Waals surface area contributed by atoms with Crippen molar-refractivity contribution >= 4 is 0 Å². The van der Waals surface area contributed by atoms with E-state index in [1.165, 1.54) is 45.4 Å². The number of nitrogens with two attached hydrogens (primary N) is 1. The lowest BCUT2D eigenvalue weighted by molar-refractivity contribution is 0.0672. The Morgan fingerprint density at radius 2 is 1.71 bits per heavy atom. The summed E-state index contributed by atoms with van der Waals surface area (Å²) in [7, 11) is 2.24. The Balaban J connectivity index is 1.82. The maximum Gasteiger partial charge on any atom is 0.0107 e. The largest absolute Gasteiger partial charge is 0.327 e. The van der Waals surface area contributed by atoms with Crippen molar-refractivity contribution in [3.8, 4) is 0 Å². The third-order valence-electron chi connectivity index (χ3n) is 5.09. The van der Waals surface area contributed by atoms with E-state index < -0.39 is 0 Å². The van der Waals surface area contributed by atoms with Crippen molar-refractivity contribution in [3.63, 3.8) is 0 Å².